The van der Waals surface area contributed by atoms with E-state index in [1.165, 1.54) is 12.8 Å². The summed E-state index contributed by atoms with van der Waals surface area (Å²) in [5.74, 6) is 0. The Hall–Kier alpha value is -0.120. The van der Waals surface area contributed by atoms with Gasteiger partial charge in [0.15, 0.2) is 0 Å². The van der Waals surface area contributed by atoms with Gasteiger partial charge < -0.3 is 15.0 Å². The van der Waals surface area contributed by atoms with Gasteiger partial charge in [-0.2, -0.15) is 0 Å². The number of nitrogens with zero attached hydrogens (tertiary/aromatic N) is 1. The monoisotopic (exact) mass is 214 g/mol. The average Bonchev–Trinajstić information content (AvgIpc) is 2.45. The maximum absolute atomic E-state index is 5.91. The van der Waals surface area contributed by atoms with Crippen molar-refractivity contribution in [2.75, 3.05) is 27.2 Å². The highest BCUT2D eigenvalue weighted by Gasteiger charge is 2.31. The summed E-state index contributed by atoms with van der Waals surface area (Å²) in [4.78, 5) is 2.23. The maximum atomic E-state index is 5.91. The van der Waals surface area contributed by atoms with E-state index in [1.54, 1.807) is 0 Å². The molecule has 3 heteroatoms. The molecule has 0 aliphatic carbocycles. The van der Waals surface area contributed by atoms with Crippen molar-refractivity contribution in [1.29, 1.82) is 0 Å². The summed E-state index contributed by atoms with van der Waals surface area (Å²) in [5, 5.41) is 3.48. The predicted octanol–water partition coefficient (Wildman–Crippen LogP) is 1.48. The molecule has 2 unspecified atom stereocenters. The molecule has 0 aromatic heterocycles. The van der Waals surface area contributed by atoms with Crippen molar-refractivity contribution in [1.82, 2.24) is 10.2 Å². The molecule has 2 atom stereocenters. The van der Waals surface area contributed by atoms with Crippen molar-refractivity contribution in [3.8, 4) is 0 Å². The van der Waals surface area contributed by atoms with Crippen LogP contribution in [-0.4, -0.2) is 49.8 Å². The fourth-order valence-corrected chi connectivity index (χ4v) is 1.86. The Kier molecular flexibility index (Phi) is 4.56. The van der Waals surface area contributed by atoms with Crippen molar-refractivity contribution in [2.45, 2.75) is 51.4 Å². The SMILES string of the molecule is CC(CNCC1CCC(C)(C)O1)N(C)C. The van der Waals surface area contributed by atoms with Gasteiger partial charge in [-0.25, -0.2) is 0 Å². The van der Waals surface area contributed by atoms with Crippen LogP contribution in [0.2, 0.25) is 0 Å². The molecule has 1 N–H and O–H groups in total. The number of hydrogen-bond donors (Lipinski definition) is 1. The Morgan fingerprint density at radius 1 is 1.47 bits per heavy atom. The van der Waals surface area contributed by atoms with Crippen LogP contribution in [0.3, 0.4) is 0 Å². The largest absolute Gasteiger partial charge is 0.371 e. The second kappa shape index (κ2) is 5.28. The van der Waals surface area contributed by atoms with Gasteiger partial charge in [-0.3, -0.25) is 0 Å². The molecule has 0 aromatic carbocycles. The van der Waals surface area contributed by atoms with E-state index in [1.807, 2.05) is 0 Å². The van der Waals surface area contributed by atoms with Gasteiger partial charge in [-0.1, -0.05) is 0 Å². The highest BCUT2D eigenvalue weighted by molar-refractivity contribution is 4.82. The smallest absolute Gasteiger partial charge is 0.0707 e. The van der Waals surface area contributed by atoms with Crippen molar-refractivity contribution in [2.24, 2.45) is 0 Å². The molecule has 0 radical (unpaired) electrons. The van der Waals surface area contributed by atoms with E-state index in [-0.39, 0.29) is 5.60 Å². The lowest BCUT2D eigenvalue weighted by molar-refractivity contribution is -0.0144. The zero-order valence-corrected chi connectivity index (χ0v) is 10.8. The Bertz CT molecular complexity index is 192. The molecule has 1 aliphatic heterocycles. The Balaban J connectivity index is 2.11. The first-order valence-electron chi connectivity index (χ1n) is 5.96. The Morgan fingerprint density at radius 3 is 2.60 bits per heavy atom. The van der Waals surface area contributed by atoms with Crippen LogP contribution in [0, 0.1) is 0 Å². The zero-order chi connectivity index (χ0) is 11.5. The van der Waals surface area contributed by atoms with Crippen LogP contribution < -0.4 is 5.32 Å². The van der Waals surface area contributed by atoms with E-state index in [0.29, 0.717) is 12.1 Å². The summed E-state index contributed by atoms with van der Waals surface area (Å²) < 4.78 is 5.91. The third-order valence-electron chi connectivity index (χ3n) is 3.25. The van der Waals surface area contributed by atoms with Gasteiger partial charge in [0.25, 0.3) is 0 Å². The first kappa shape index (κ1) is 12.9. The van der Waals surface area contributed by atoms with Gasteiger partial charge in [-0.15, -0.1) is 0 Å². The van der Waals surface area contributed by atoms with Gasteiger partial charge in [0.1, 0.15) is 0 Å². The lowest BCUT2D eigenvalue weighted by Crippen LogP contribution is -2.38. The number of rotatable bonds is 5. The molecule has 1 aliphatic rings. The van der Waals surface area contributed by atoms with E-state index >= 15 is 0 Å². The molecule has 0 saturated carbocycles. The molecule has 90 valence electrons. The first-order chi connectivity index (χ1) is 6.91. The summed E-state index contributed by atoms with van der Waals surface area (Å²) in [6, 6.07) is 0.583. The van der Waals surface area contributed by atoms with Crippen LogP contribution in [0.4, 0.5) is 0 Å². The molecule has 0 aromatic rings. The predicted molar refractivity (Wildman–Crippen MR) is 64.2 cm³/mol. The average molecular weight is 214 g/mol. The number of nitrogens with one attached hydrogen (secondary N) is 1. The van der Waals surface area contributed by atoms with E-state index < -0.39 is 0 Å². The van der Waals surface area contributed by atoms with E-state index in [2.05, 4.69) is 45.1 Å². The van der Waals surface area contributed by atoms with Crippen molar-refractivity contribution in [3.63, 3.8) is 0 Å². The number of hydrogen-bond acceptors (Lipinski definition) is 3. The van der Waals surface area contributed by atoms with Crippen LogP contribution in [-0.2, 0) is 4.74 Å². The summed E-state index contributed by atoms with van der Waals surface area (Å²) in [6.07, 6.45) is 2.79. The van der Waals surface area contributed by atoms with Crippen molar-refractivity contribution < 1.29 is 4.74 Å². The molecule has 0 bridgehead atoms. The van der Waals surface area contributed by atoms with Gasteiger partial charge in [0.2, 0.25) is 0 Å². The van der Waals surface area contributed by atoms with E-state index in [0.717, 1.165) is 13.1 Å². The second-order valence-corrected chi connectivity index (χ2v) is 5.51. The molecule has 1 fully saturated rings. The van der Waals surface area contributed by atoms with Gasteiger partial charge in [0, 0.05) is 19.1 Å². The number of ether oxygens (including phenoxy) is 1. The minimum atomic E-state index is 0.0967. The molecule has 0 spiro atoms. The number of likely N-dealkylation sites (N-methyl/N-ethyl adjacent to an activating group) is 1. The molecule has 0 amide bonds. The molecule has 15 heavy (non-hydrogen) atoms. The first-order valence-corrected chi connectivity index (χ1v) is 5.96. The minimum Gasteiger partial charge on any atom is -0.371 e. The van der Waals surface area contributed by atoms with Crippen molar-refractivity contribution >= 4 is 0 Å². The third kappa shape index (κ3) is 4.49. The molecule has 3 nitrogen and oxygen atoms in total. The van der Waals surface area contributed by atoms with Gasteiger partial charge in [-0.05, 0) is 47.7 Å². The Labute approximate surface area is 94.2 Å². The molecular weight excluding hydrogens is 188 g/mol. The molecule has 1 heterocycles. The summed E-state index contributed by atoms with van der Waals surface area (Å²) >= 11 is 0. The van der Waals surface area contributed by atoms with Crippen LogP contribution in [0.5, 0.6) is 0 Å². The van der Waals surface area contributed by atoms with Gasteiger partial charge >= 0.3 is 0 Å². The third-order valence-corrected chi connectivity index (χ3v) is 3.25. The van der Waals surface area contributed by atoms with Crippen LogP contribution >= 0.6 is 0 Å². The molecular formula is C12H26N2O. The summed E-state index contributed by atoms with van der Waals surface area (Å²) in [7, 11) is 4.23. The lowest BCUT2D eigenvalue weighted by Gasteiger charge is -2.22. The fourth-order valence-electron chi connectivity index (χ4n) is 1.86. The van der Waals surface area contributed by atoms with Crippen LogP contribution in [0.15, 0.2) is 0 Å². The molecule has 1 saturated heterocycles. The van der Waals surface area contributed by atoms with E-state index in [9.17, 15) is 0 Å². The quantitative estimate of drug-likeness (QED) is 0.750. The van der Waals surface area contributed by atoms with E-state index in [4.69, 9.17) is 4.74 Å². The zero-order valence-electron chi connectivity index (χ0n) is 10.8. The van der Waals surface area contributed by atoms with Crippen LogP contribution in [0.1, 0.15) is 33.6 Å². The summed E-state index contributed by atoms with van der Waals surface area (Å²) in [5.41, 5.74) is 0.0967. The minimum absolute atomic E-state index is 0.0967. The van der Waals surface area contributed by atoms with Crippen LogP contribution in [0.25, 0.3) is 0 Å². The highest BCUT2D eigenvalue weighted by atomic mass is 16.5. The second-order valence-electron chi connectivity index (χ2n) is 5.51. The van der Waals surface area contributed by atoms with Gasteiger partial charge in [0.05, 0.1) is 11.7 Å². The highest BCUT2D eigenvalue weighted by Crippen LogP contribution is 2.28. The molecule has 1 rings (SSSR count). The topological polar surface area (TPSA) is 24.5 Å². The fraction of sp³-hybridized carbons (Fsp3) is 1.00. The lowest BCUT2D eigenvalue weighted by atomic mass is 10.1. The summed E-state index contributed by atoms with van der Waals surface area (Å²) in [6.45, 7) is 8.60. The standard InChI is InChI=1S/C12H26N2O/c1-10(14(4)5)8-13-9-11-6-7-12(2,3)15-11/h10-11,13H,6-9H2,1-5H3. The Morgan fingerprint density at radius 2 is 2.13 bits per heavy atom. The maximum Gasteiger partial charge on any atom is 0.0707 e. The van der Waals surface area contributed by atoms with Crippen molar-refractivity contribution in [3.05, 3.63) is 0 Å². The normalized spacial score (nSPS) is 27.2.